The summed E-state index contributed by atoms with van der Waals surface area (Å²) in [5, 5.41) is 0. The monoisotopic (exact) mass is 248 g/mol. The molecule has 0 aliphatic carbocycles. The number of carbonyl (C=O) groups excluding carboxylic acids is 2. The highest BCUT2D eigenvalue weighted by Crippen LogP contribution is 2.10. The third-order valence-electron chi connectivity index (χ3n) is 2.85. The van der Waals surface area contributed by atoms with Gasteiger partial charge in [-0.05, 0) is 31.4 Å². The van der Waals surface area contributed by atoms with Gasteiger partial charge in [0.15, 0.2) is 0 Å². The molecule has 1 aromatic carbocycles. The largest absolute Gasteiger partial charge is 0.466 e. The number of ether oxygens (including phenoxy) is 1. The summed E-state index contributed by atoms with van der Waals surface area (Å²) in [6.07, 6.45) is 1.71. The second-order valence-electron chi connectivity index (χ2n) is 4.27. The topological polar surface area (TPSA) is 43.4 Å². The molecule has 0 N–H and O–H groups in total. The summed E-state index contributed by atoms with van der Waals surface area (Å²) >= 11 is 0. The zero-order valence-electron chi connectivity index (χ0n) is 11.1. The van der Waals surface area contributed by atoms with Crippen LogP contribution >= 0.6 is 0 Å². The maximum atomic E-state index is 11.6. The van der Waals surface area contributed by atoms with Crippen LogP contribution in [0.25, 0.3) is 0 Å². The van der Waals surface area contributed by atoms with Crippen LogP contribution in [0.1, 0.15) is 37.3 Å². The van der Waals surface area contributed by atoms with Crippen LogP contribution in [0, 0.1) is 6.92 Å². The van der Waals surface area contributed by atoms with Crippen molar-refractivity contribution in [3.05, 3.63) is 35.4 Å². The average Bonchev–Trinajstić information content (AvgIpc) is 2.36. The smallest absolute Gasteiger partial charge is 0.306 e. The van der Waals surface area contributed by atoms with Gasteiger partial charge in [0.25, 0.3) is 0 Å². The molecule has 0 radical (unpaired) electrons. The Labute approximate surface area is 108 Å². The van der Waals surface area contributed by atoms with E-state index < -0.39 is 0 Å². The van der Waals surface area contributed by atoms with E-state index in [9.17, 15) is 9.59 Å². The van der Waals surface area contributed by atoms with Gasteiger partial charge in [0.05, 0.1) is 13.0 Å². The molecule has 0 saturated heterocycles. The maximum Gasteiger partial charge on any atom is 0.306 e. The molecule has 0 aliphatic rings. The number of Topliss-reactive ketones (excluding diaryl/α,β-unsaturated/α-hetero) is 1. The summed E-state index contributed by atoms with van der Waals surface area (Å²) in [4.78, 5) is 22.7. The highest BCUT2D eigenvalue weighted by atomic mass is 16.5. The Hall–Kier alpha value is -1.64. The Morgan fingerprint density at radius 3 is 2.50 bits per heavy atom. The third-order valence-corrected chi connectivity index (χ3v) is 2.85. The van der Waals surface area contributed by atoms with E-state index >= 15 is 0 Å². The lowest BCUT2D eigenvalue weighted by Crippen LogP contribution is -2.08. The first-order chi connectivity index (χ1) is 8.63. The molecule has 0 spiro atoms. The number of hydrogen-bond donors (Lipinski definition) is 0. The molecule has 0 fully saturated rings. The van der Waals surface area contributed by atoms with Crippen LogP contribution < -0.4 is 0 Å². The van der Waals surface area contributed by atoms with Crippen LogP contribution in [0.15, 0.2) is 24.3 Å². The van der Waals surface area contributed by atoms with Gasteiger partial charge >= 0.3 is 5.97 Å². The van der Waals surface area contributed by atoms with E-state index in [1.807, 2.05) is 31.2 Å². The fraction of sp³-hybridized carbons (Fsp3) is 0.467. The van der Waals surface area contributed by atoms with E-state index in [0.717, 1.165) is 6.42 Å². The Morgan fingerprint density at radius 2 is 1.83 bits per heavy atom. The number of rotatable bonds is 7. The molecule has 0 heterocycles. The van der Waals surface area contributed by atoms with Crippen molar-refractivity contribution in [2.24, 2.45) is 0 Å². The number of hydrogen-bond acceptors (Lipinski definition) is 3. The van der Waals surface area contributed by atoms with Crippen molar-refractivity contribution in [2.75, 3.05) is 6.61 Å². The van der Waals surface area contributed by atoms with E-state index in [-0.39, 0.29) is 24.6 Å². The Kier molecular flexibility index (Phi) is 6.12. The molecular formula is C15H20O3. The van der Waals surface area contributed by atoms with Crippen LogP contribution in [-0.4, -0.2) is 18.4 Å². The number of esters is 1. The summed E-state index contributed by atoms with van der Waals surface area (Å²) in [6.45, 7) is 4.17. The molecule has 0 atom stereocenters. The molecule has 0 amide bonds. The van der Waals surface area contributed by atoms with Gasteiger partial charge in [0.2, 0.25) is 0 Å². The summed E-state index contributed by atoms with van der Waals surface area (Å²) in [7, 11) is 0. The first-order valence-electron chi connectivity index (χ1n) is 6.35. The quantitative estimate of drug-likeness (QED) is 0.697. The fourth-order valence-corrected chi connectivity index (χ4v) is 1.76. The summed E-state index contributed by atoms with van der Waals surface area (Å²) in [6, 6.07) is 8.04. The van der Waals surface area contributed by atoms with Crippen LogP contribution in [0.4, 0.5) is 0 Å². The molecule has 0 aromatic heterocycles. The molecule has 0 saturated carbocycles. The Morgan fingerprint density at radius 1 is 1.11 bits per heavy atom. The predicted octanol–water partition coefficient (Wildman–Crippen LogP) is 2.84. The normalized spacial score (nSPS) is 10.1. The summed E-state index contributed by atoms with van der Waals surface area (Å²) in [5.74, 6) is -0.173. The molecule has 18 heavy (non-hydrogen) atoms. The van der Waals surface area contributed by atoms with Gasteiger partial charge in [-0.1, -0.05) is 24.3 Å². The van der Waals surface area contributed by atoms with Crippen LogP contribution in [0.3, 0.4) is 0 Å². The molecule has 1 aromatic rings. The van der Waals surface area contributed by atoms with Crippen molar-refractivity contribution in [1.29, 1.82) is 0 Å². The van der Waals surface area contributed by atoms with Gasteiger partial charge in [0.1, 0.15) is 5.78 Å². The minimum absolute atomic E-state index is 0.117. The first kappa shape index (κ1) is 14.4. The minimum atomic E-state index is -0.290. The highest BCUT2D eigenvalue weighted by molar-refractivity contribution is 5.83. The minimum Gasteiger partial charge on any atom is -0.466 e. The number of aryl methyl sites for hydroxylation is 2. The zero-order chi connectivity index (χ0) is 13.4. The van der Waals surface area contributed by atoms with E-state index in [4.69, 9.17) is 4.74 Å². The van der Waals surface area contributed by atoms with Crippen LogP contribution in [0.2, 0.25) is 0 Å². The second-order valence-corrected chi connectivity index (χ2v) is 4.27. The average molecular weight is 248 g/mol. The van der Waals surface area contributed by atoms with E-state index in [1.54, 1.807) is 6.92 Å². The van der Waals surface area contributed by atoms with Gasteiger partial charge in [-0.15, -0.1) is 0 Å². The molecule has 3 nitrogen and oxygen atoms in total. The third kappa shape index (κ3) is 5.13. The molecule has 1 rings (SSSR count). The van der Waals surface area contributed by atoms with E-state index in [1.165, 1.54) is 11.1 Å². The van der Waals surface area contributed by atoms with Gasteiger partial charge in [-0.25, -0.2) is 0 Å². The van der Waals surface area contributed by atoms with Crippen molar-refractivity contribution < 1.29 is 14.3 Å². The maximum absolute atomic E-state index is 11.6. The zero-order valence-corrected chi connectivity index (χ0v) is 11.1. The lowest BCUT2D eigenvalue weighted by atomic mass is 10.0. The summed E-state index contributed by atoms with van der Waals surface area (Å²) in [5.41, 5.74) is 2.40. The molecule has 0 unspecified atom stereocenters. The van der Waals surface area contributed by atoms with Crippen molar-refractivity contribution in [1.82, 2.24) is 0 Å². The van der Waals surface area contributed by atoms with Gasteiger partial charge in [0, 0.05) is 12.8 Å². The fourth-order valence-electron chi connectivity index (χ4n) is 1.76. The van der Waals surface area contributed by atoms with Gasteiger partial charge in [-0.2, -0.15) is 0 Å². The van der Waals surface area contributed by atoms with E-state index in [0.29, 0.717) is 13.0 Å². The van der Waals surface area contributed by atoms with E-state index in [2.05, 4.69) is 0 Å². The first-order valence-corrected chi connectivity index (χ1v) is 6.35. The SMILES string of the molecule is CCOC(=O)CCC(=O)CCc1ccccc1C. The predicted molar refractivity (Wildman–Crippen MR) is 70.4 cm³/mol. The highest BCUT2D eigenvalue weighted by Gasteiger charge is 2.08. The van der Waals surface area contributed by atoms with Crippen molar-refractivity contribution in [3.63, 3.8) is 0 Å². The van der Waals surface area contributed by atoms with Crippen LogP contribution in [0.5, 0.6) is 0 Å². The lowest BCUT2D eigenvalue weighted by molar-refractivity contribution is -0.144. The molecule has 0 bridgehead atoms. The van der Waals surface area contributed by atoms with Gasteiger partial charge in [-0.3, -0.25) is 9.59 Å². The molecular weight excluding hydrogens is 228 g/mol. The number of ketones is 1. The number of carbonyl (C=O) groups is 2. The van der Waals surface area contributed by atoms with Crippen molar-refractivity contribution in [2.45, 2.75) is 39.5 Å². The second kappa shape index (κ2) is 7.64. The van der Waals surface area contributed by atoms with Crippen molar-refractivity contribution in [3.8, 4) is 0 Å². The van der Waals surface area contributed by atoms with Gasteiger partial charge < -0.3 is 4.74 Å². The number of benzene rings is 1. The Bertz CT molecular complexity index is 410. The van der Waals surface area contributed by atoms with Crippen LogP contribution in [-0.2, 0) is 20.7 Å². The molecule has 0 aliphatic heterocycles. The summed E-state index contributed by atoms with van der Waals surface area (Å²) < 4.78 is 4.78. The Balaban J connectivity index is 2.29. The van der Waals surface area contributed by atoms with Crippen molar-refractivity contribution >= 4 is 11.8 Å². The molecule has 98 valence electrons. The molecule has 3 heteroatoms. The lowest BCUT2D eigenvalue weighted by Gasteiger charge is -2.05. The standard InChI is InChI=1S/C15H20O3/c1-3-18-15(17)11-10-14(16)9-8-13-7-5-4-6-12(13)2/h4-7H,3,8-11H2,1-2H3.